The molecule has 8 heteroatoms. The number of hydrogen-bond donors (Lipinski definition) is 3. The SMILES string of the molecule is Cc1cc(N)cc(C)c1S(=O)(=O)NC(C)c1ncn[nH]1. The molecule has 0 aliphatic carbocycles. The number of nitrogens with two attached hydrogens (primary N) is 1. The van der Waals surface area contributed by atoms with Gasteiger partial charge in [0.25, 0.3) is 0 Å². The first-order valence-electron chi connectivity index (χ1n) is 6.05. The van der Waals surface area contributed by atoms with Crippen molar-refractivity contribution in [2.24, 2.45) is 0 Å². The van der Waals surface area contributed by atoms with Gasteiger partial charge in [0.15, 0.2) is 0 Å². The maximum Gasteiger partial charge on any atom is 0.241 e. The summed E-state index contributed by atoms with van der Waals surface area (Å²) in [5.74, 6) is 0.458. The highest BCUT2D eigenvalue weighted by Crippen LogP contribution is 2.24. The van der Waals surface area contributed by atoms with Crippen LogP contribution in [-0.4, -0.2) is 23.6 Å². The zero-order valence-electron chi connectivity index (χ0n) is 11.5. The first-order chi connectivity index (χ1) is 9.31. The van der Waals surface area contributed by atoms with E-state index in [9.17, 15) is 8.42 Å². The molecule has 0 fully saturated rings. The van der Waals surface area contributed by atoms with Crippen LogP contribution < -0.4 is 10.5 Å². The van der Waals surface area contributed by atoms with Crippen LogP contribution in [0.4, 0.5) is 5.69 Å². The van der Waals surface area contributed by atoms with E-state index < -0.39 is 16.1 Å². The Balaban J connectivity index is 2.37. The molecule has 0 amide bonds. The smallest absolute Gasteiger partial charge is 0.241 e. The van der Waals surface area contributed by atoms with Crippen LogP contribution >= 0.6 is 0 Å². The van der Waals surface area contributed by atoms with Crippen LogP contribution in [0.1, 0.15) is 29.9 Å². The van der Waals surface area contributed by atoms with E-state index in [1.165, 1.54) is 6.33 Å². The van der Waals surface area contributed by atoms with Gasteiger partial charge in [0.2, 0.25) is 10.0 Å². The molecule has 4 N–H and O–H groups in total. The number of H-pyrrole nitrogens is 1. The van der Waals surface area contributed by atoms with Crippen molar-refractivity contribution >= 4 is 15.7 Å². The normalized spacial score (nSPS) is 13.3. The van der Waals surface area contributed by atoms with Crippen LogP contribution in [0.5, 0.6) is 0 Å². The highest BCUT2D eigenvalue weighted by molar-refractivity contribution is 7.89. The van der Waals surface area contributed by atoms with Gasteiger partial charge < -0.3 is 5.73 Å². The predicted octanol–water partition coefficient (Wildman–Crippen LogP) is 1.04. The fourth-order valence-electron chi connectivity index (χ4n) is 2.18. The topological polar surface area (TPSA) is 114 Å². The van der Waals surface area contributed by atoms with E-state index in [1.54, 1.807) is 32.9 Å². The van der Waals surface area contributed by atoms with Crippen LogP contribution in [0, 0.1) is 13.8 Å². The lowest BCUT2D eigenvalue weighted by Gasteiger charge is -2.15. The standard InChI is InChI=1S/C12H17N5O2S/c1-7-4-10(13)5-8(2)11(7)20(18,19)17-9(3)12-14-6-15-16-12/h4-6,9,17H,13H2,1-3H3,(H,14,15,16). The molecule has 2 rings (SSSR count). The molecule has 1 atom stereocenters. The minimum Gasteiger partial charge on any atom is -0.399 e. The Kier molecular flexibility index (Phi) is 3.78. The molecule has 0 aliphatic rings. The lowest BCUT2D eigenvalue weighted by molar-refractivity contribution is 0.559. The van der Waals surface area contributed by atoms with Gasteiger partial charge in [0.1, 0.15) is 12.2 Å². The molecule has 0 bridgehead atoms. The number of sulfonamides is 1. The Hall–Kier alpha value is -1.93. The molecule has 20 heavy (non-hydrogen) atoms. The molecule has 1 aromatic heterocycles. The van der Waals surface area contributed by atoms with Crippen molar-refractivity contribution in [2.45, 2.75) is 31.7 Å². The summed E-state index contributed by atoms with van der Waals surface area (Å²) in [6.07, 6.45) is 1.33. The Morgan fingerprint density at radius 3 is 2.40 bits per heavy atom. The fourth-order valence-corrected chi connectivity index (χ4v) is 3.84. The Labute approximate surface area is 117 Å². The number of rotatable bonds is 4. The van der Waals surface area contributed by atoms with Crippen molar-refractivity contribution < 1.29 is 8.42 Å². The second-order valence-electron chi connectivity index (χ2n) is 4.70. The molecule has 0 saturated heterocycles. The van der Waals surface area contributed by atoms with Gasteiger partial charge >= 0.3 is 0 Å². The maximum atomic E-state index is 12.5. The van der Waals surface area contributed by atoms with Gasteiger partial charge in [-0.3, -0.25) is 5.10 Å². The van der Waals surface area contributed by atoms with E-state index in [2.05, 4.69) is 19.9 Å². The average molecular weight is 295 g/mol. The number of benzene rings is 1. The lowest BCUT2D eigenvalue weighted by Crippen LogP contribution is -2.28. The van der Waals surface area contributed by atoms with Gasteiger partial charge in [-0.15, -0.1) is 0 Å². The molecule has 7 nitrogen and oxygen atoms in total. The number of nitrogens with one attached hydrogen (secondary N) is 2. The average Bonchev–Trinajstić information content (AvgIpc) is 2.78. The highest BCUT2D eigenvalue weighted by atomic mass is 32.2. The Morgan fingerprint density at radius 2 is 1.90 bits per heavy atom. The minimum atomic E-state index is -3.66. The van der Waals surface area contributed by atoms with E-state index in [-0.39, 0.29) is 4.90 Å². The lowest BCUT2D eigenvalue weighted by atomic mass is 10.1. The van der Waals surface area contributed by atoms with Crippen LogP contribution in [0.3, 0.4) is 0 Å². The van der Waals surface area contributed by atoms with Gasteiger partial charge in [-0.05, 0) is 44.0 Å². The number of aromatic nitrogens is 3. The first-order valence-corrected chi connectivity index (χ1v) is 7.54. The zero-order valence-corrected chi connectivity index (χ0v) is 12.3. The van der Waals surface area contributed by atoms with E-state index in [0.29, 0.717) is 22.6 Å². The minimum absolute atomic E-state index is 0.248. The Morgan fingerprint density at radius 1 is 1.30 bits per heavy atom. The van der Waals surface area contributed by atoms with Gasteiger partial charge in [-0.25, -0.2) is 18.1 Å². The molecule has 108 valence electrons. The summed E-state index contributed by atoms with van der Waals surface area (Å²) < 4.78 is 27.5. The number of hydrogen-bond acceptors (Lipinski definition) is 5. The van der Waals surface area contributed by atoms with Crippen molar-refractivity contribution in [2.75, 3.05) is 5.73 Å². The van der Waals surface area contributed by atoms with Gasteiger partial charge in [-0.1, -0.05) is 0 Å². The number of anilines is 1. The van der Waals surface area contributed by atoms with Crippen molar-refractivity contribution in [3.05, 3.63) is 35.4 Å². The maximum absolute atomic E-state index is 12.5. The summed E-state index contributed by atoms with van der Waals surface area (Å²) in [5.41, 5.74) is 7.48. The summed E-state index contributed by atoms with van der Waals surface area (Å²) in [6, 6.07) is 2.78. The second kappa shape index (κ2) is 5.22. The van der Waals surface area contributed by atoms with Crippen LogP contribution in [0.15, 0.2) is 23.4 Å². The third kappa shape index (κ3) is 2.81. The van der Waals surface area contributed by atoms with Crippen molar-refractivity contribution in [1.82, 2.24) is 19.9 Å². The fraction of sp³-hybridized carbons (Fsp3) is 0.333. The summed E-state index contributed by atoms with van der Waals surface area (Å²) in [7, 11) is -3.66. The Bertz CT molecular complexity index is 686. The molecule has 0 saturated carbocycles. The molecule has 0 radical (unpaired) electrons. The molecule has 1 heterocycles. The van der Waals surface area contributed by atoms with Crippen LogP contribution in [0.2, 0.25) is 0 Å². The number of aromatic amines is 1. The van der Waals surface area contributed by atoms with E-state index in [0.717, 1.165) is 0 Å². The predicted molar refractivity (Wildman–Crippen MR) is 75.4 cm³/mol. The number of nitrogens with zero attached hydrogens (tertiary/aromatic N) is 2. The quantitative estimate of drug-likeness (QED) is 0.729. The molecule has 0 spiro atoms. The number of aryl methyl sites for hydroxylation is 2. The van der Waals surface area contributed by atoms with Crippen molar-refractivity contribution in [3.63, 3.8) is 0 Å². The first kappa shape index (κ1) is 14.5. The summed E-state index contributed by atoms with van der Waals surface area (Å²) in [4.78, 5) is 4.19. The third-order valence-corrected chi connectivity index (χ3v) is 4.77. The summed E-state index contributed by atoms with van der Waals surface area (Å²) in [6.45, 7) is 5.13. The molecular formula is C12H17N5O2S. The van der Waals surface area contributed by atoms with Crippen molar-refractivity contribution in [3.8, 4) is 0 Å². The van der Waals surface area contributed by atoms with E-state index in [4.69, 9.17) is 5.73 Å². The van der Waals surface area contributed by atoms with Crippen molar-refractivity contribution in [1.29, 1.82) is 0 Å². The zero-order chi connectivity index (χ0) is 14.9. The van der Waals surface area contributed by atoms with E-state index in [1.807, 2.05) is 0 Å². The van der Waals surface area contributed by atoms with Gasteiger partial charge in [0.05, 0.1) is 10.9 Å². The largest absolute Gasteiger partial charge is 0.399 e. The third-order valence-electron chi connectivity index (χ3n) is 2.93. The highest BCUT2D eigenvalue weighted by Gasteiger charge is 2.23. The van der Waals surface area contributed by atoms with Crippen LogP contribution in [0.25, 0.3) is 0 Å². The van der Waals surface area contributed by atoms with Gasteiger partial charge in [0, 0.05) is 5.69 Å². The molecule has 0 aliphatic heterocycles. The van der Waals surface area contributed by atoms with Gasteiger partial charge in [-0.2, -0.15) is 5.10 Å². The molecule has 2 aromatic rings. The summed E-state index contributed by atoms with van der Waals surface area (Å²) in [5, 5.41) is 6.35. The molecule has 1 aromatic carbocycles. The second-order valence-corrected chi connectivity index (χ2v) is 6.35. The summed E-state index contributed by atoms with van der Waals surface area (Å²) >= 11 is 0. The monoisotopic (exact) mass is 295 g/mol. The molecular weight excluding hydrogens is 278 g/mol. The number of nitrogen functional groups attached to an aromatic ring is 1. The van der Waals surface area contributed by atoms with E-state index >= 15 is 0 Å². The molecule has 1 unspecified atom stereocenters. The van der Waals surface area contributed by atoms with Crippen LogP contribution in [-0.2, 0) is 10.0 Å².